The highest BCUT2D eigenvalue weighted by Gasteiger charge is 2.13. The van der Waals surface area contributed by atoms with Crippen molar-refractivity contribution in [2.24, 2.45) is 0 Å². The number of rotatable bonds is 7. The first-order valence-corrected chi connectivity index (χ1v) is 8.77. The summed E-state index contributed by atoms with van der Waals surface area (Å²) in [6.45, 7) is 6.70. The number of nitrogens with zero attached hydrogens (tertiary/aromatic N) is 3. The van der Waals surface area contributed by atoms with Crippen molar-refractivity contribution >= 4 is 11.0 Å². The van der Waals surface area contributed by atoms with Crippen molar-refractivity contribution in [3.63, 3.8) is 0 Å². The minimum Gasteiger partial charge on any atom is -0.486 e. The number of tetrazole rings is 1. The molecule has 0 aliphatic rings. The summed E-state index contributed by atoms with van der Waals surface area (Å²) in [6, 6.07) is 7.18. The van der Waals surface area contributed by atoms with Gasteiger partial charge in [0.25, 0.3) is 0 Å². The maximum absolute atomic E-state index is 12.3. The first kappa shape index (κ1) is 18.6. The number of aromatic nitrogens is 4. The van der Waals surface area contributed by atoms with Crippen molar-refractivity contribution in [2.75, 3.05) is 6.61 Å². The van der Waals surface area contributed by atoms with Gasteiger partial charge in [-0.15, -0.1) is 5.10 Å². The van der Waals surface area contributed by atoms with Gasteiger partial charge in [0.05, 0.1) is 0 Å². The van der Waals surface area contributed by atoms with E-state index in [4.69, 9.17) is 9.15 Å². The predicted molar refractivity (Wildman–Crippen MR) is 104 cm³/mol. The molecule has 0 atom stereocenters. The predicted octanol–water partition coefficient (Wildman–Crippen LogP) is 4.04. The number of para-hydroxylation sites is 1. The molecule has 7 nitrogen and oxygen atoms in total. The normalized spacial score (nSPS) is 11.6. The van der Waals surface area contributed by atoms with E-state index in [0.717, 1.165) is 18.2 Å². The van der Waals surface area contributed by atoms with Gasteiger partial charge < -0.3 is 9.15 Å². The third-order valence-corrected chi connectivity index (χ3v) is 4.09. The lowest BCUT2D eigenvalue weighted by atomic mass is 10.1. The summed E-state index contributed by atoms with van der Waals surface area (Å²) in [5, 5.41) is 14.0. The highest BCUT2D eigenvalue weighted by molar-refractivity contribution is 5.85. The zero-order valence-electron chi connectivity index (χ0n) is 15.7. The highest BCUT2D eigenvalue weighted by Crippen LogP contribution is 2.26. The van der Waals surface area contributed by atoms with E-state index in [1.54, 1.807) is 12.1 Å². The van der Waals surface area contributed by atoms with Gasteiger partial charge in [0, 0.05) is 5.39 Å². The van der Waals surface area contributed by atoms with Crippen LogP contribution in [0.2, 0.25) is 0 Å². The Kier molecular flexibility index (Phi) is 5.80. The highest BCUT2D eigenvalue weighted by atomic mass is 16.5. The molecule has 0 aliphatic heterocycles. The number of hydrogen-bond acceptors (Lipinski definition) is 6. The van der Waals surface area contributed by atoms with Crippen molar-refractivity contribution in [1.29, 1.82) is 0 Å². The van der Waals surface area contributed by atoms with E-state index in [9.17, 15) is 4.79 Å². The fourth-order valence-corrected chi connectivity index (χ4v) is 2.63. The van der Waals surface area contributed by atoms with E-state index in [1.807, 2.05) is 18.2 Å². The molecule has 3 rings (SSSR count). The molecule has 7 heteroatoms. The fourth-order valence-electron chi connectivity index (χ4n) is 2.63. The van der Waals surface area contributed by atoms with Crippen LogP contribution in [0.1, 0.15) is 33.6 Å². The summed E-state index contributed by atoms with van der Waals surface area (Å²) in [4.78, 5) is 12.3. The van der Waals surface area contributed by atoms with Crippen molar-refractivity contribution in [3.8, 4) is 17.1 Å². The molecule has 0 amide bonds. The van der Waals surface area contributed by atoms with Crippen LogP contribution >= 0.6 is 0 Å². The average molecular weight is 366 g/mol. The third kappa shape index (κ3) is 4.69. The summed E-state index contributed by atoms with van der Waals surface area (Å²) in [7, 11) is 0. The Morgan fingerprint density at radius 3 is 2.85 bits per heavy atom. The van der Waals surface area contributed by atoms with E-state index in [2.05, 4.69) is 47.5 Å². The number of hydrogen-bond donors (Lipinski definition) is 1. The molecule has 1 N–H and O–H groups in total. The van der Waals surface area contributed by atoms with Crippen molar-refractivity contribution in [2.45, 2.75) is 33.6 Å². The Hall–Kier alpha value is -3.22. The average Bonchev–Trinajstić information content (AvgIpc) is 3.15. The van der Waals surface area contributed by atoms with Crippen LogP contribution < -0.4 is 10.4 Å². The lowest BCUT2D eigenvalue weighted by Crippen LogP contribution is -2.05. The molecule has 0 spiro atoms. The number of aromatic amines is 1. The second-order valence-corrected chi connectivity index (χ2v) is 6.55. The van der Waals surface area contributed by atoms with E-state index < -0.39 is 5.63 Å². The lowest BCUT2D eigenvalue weighted by Gasteiger charge is -2.07. The topological polar surface area (TPSA) is 93.9 Å². The Morgan fingerprint density at radius 1 is 1.26 bits per heavy atom. The monoisotopic (exact) mass is 366 g/mol. The molecule has 0 radical (unpaired) electrons. The van der Waals surface area contributed by atoms with Gasteiger partial charge in [-0.3, -0.25) is 0 Å². The van der Waals surface area contributed by atoms with E-state index >= 15 is 0 Å². The molecule has 0 saturated carbocycles. The standard InChI is InChI=1S/C20H22N4O3/c1-13(2)6-4-7-14(3)10-11-26-17-9-5-8-15-12-16(19-21-23-24-22-19)20(25)27-18(15)17/h5-6,8-10,12H,4,7,11H2,1-3H3,(H,21,22,23,24)/b14-10+. The maximum atomic E-state index is 12.3. The second-order valence-electron chi connectivity index (χ2n) is 6.55. The molecule has 2 heterocycles. The van der Waals surface area contributed by atoms with Crippen LogP contribution in [0.3, 0.4) is 0 Å². The minimum atomic E-state index is -0.523. The third-order valence-electron chi connectivity index (χ3n) is 4.09. The Morgan fingerprint density at radius 2 is 2.11 bits per heavy atom. The number of H-pyrrole nitrogens is 1. The van der Waals surface area contributed by atoms with Gasteiger partial charge in [-0.1, -0.05) is 29.4 Å². The SMILES string of the molecule is CC(C)=CCC/C(C)=C/COc1cccc2cc(-c3nnn[nH]3)c(=O)oc12. The molecule has 2 aromatic heterocycles. The van der Waals surface area contributed by atoms with Crippen molar-refractivity contribution in [1.82, 2.24) is 20.6 Å². The zero-order chi connectivity index (χ0) is 19.2. The summed E-state index contributed by atoms with van der Waals surface area (Å²) < 4.78 is 11.3. The molecule has 0 unspecified atom stereocenters. The van der Waals surface area contributed by atoms with Crippen LogP contribution in [0.25, 0.3) is 22.4 Å². The molecule has 0 saturated heterocycles. The Labute approximate surface area is 156 Å². The molecule has 0 aliphatic carbocycles. The van der Waals surface area contributed by atoms with Crippen LogP contribution in [0.4, 0.5) is 0 Å². The number of allylic oxidation sites excluding steroid dienone is 3. The van der Waals surface area contributed by atoms with Crippen LogP contribution in [0.5, 0.6) is 5.75 Å². The van der Waals surface area contributed by atoms with Gasteiger partial charge in [-0.05, 0) is 62.2 Å². The quantitative estimate of drug-likeness (QED) is 0.501. The Bertz CT molecular complexity index is 1030. The minimum absolute atomic E-state index is 0.270. The number of nitrogens with one attached hydrogen (secondary N) is 1. The molecule has 3 aromatic rings. The molecule has 0 fully saturated rings. The molecule has 27 heavy (non-hydrogen) atoms. The van der Waals surface area contributed by atoms with Gasteiger partial charge in [-0.2, -0.15) is 0 Å². The molecular weight excluding hydrogens is 344 g/mol. The summed E-state index contributed by atoms with van der Waals surface area (Å²) >= 11 is 0. The molecule has 0 bridgehead atoms. The zero-order valence-corrected chi connectivity index (χ0v) is 15.7. The van der Waals surface area contributed by atoms with E-state index in [0.29, 0.717) is 17.9 Å². The van der Waals surface area contributed by atoms with E-state index in [1.165, 1.54) is 11.1 Å². The van der Waals surface area contributed by atoms with Crippen LogP contribution in [0.15, 0.2) is 56.8 Å². The number of benzene rings is 1. The lowest BCUT2D eigenvalue weighted by molar-refractivity contribution is 0.357. The molecule has 140 valence electrons. The molecular formula is C20H22N4O3. The van der Waals surface area contributed by atoms with Crippen LogP contribution in [0, 0.1) is 0 Å². The van der Waals surface area contributed by atoms with Crippen molar-refractivity contribution < 1.29 is 9.15 Å². The summed E-state index contributed by atoms with van der Waals surface area (Å²) in [6.07, 6.45) is 6.28. The van der Waals surface area contributed by atoms with Gasteiger partial charge in [0.1, 0.15) is 12.2 Å². The fraction of sp³-hybridized carbons (Fsp3) is 0.300. The van der Waals surface area contributed by atoms with Gasteiger partial charge >= 0.3 is 5.63 Å². The van der Waals surface area contributed by atoms with Gasteiger partial charge in [-0.25, -0.2) is 9.89 Å². The largest absolute Gasteiger partial charge is 0.486 e. The van der Waals surface area contributed by atoms with Crippen LogP contribution in [-0.4, -0.2) is 27.2 Å². The van der Waals surface area contributed by atoms with Gasteiger partial charge in [0.15, 0.2) is 17.2 Å². The number of ether oxygens (including phenoxy) is 1. The van der Waals surface area contributed by atoms with Crippen LogP contribution in [-0.2, 0) is 0 Å². The Balaban J connectivity index is 1.77. The second kappa shape index (κ2) is 8.44. The van der Waals surface area contributed by atoms with E-state index in [-0.39, 0.29) is 11.4 Å². The smallest absolute Gasteiger partial charge is 0.347 e. The summed E-state index contributed by atoms with van der Waals surface area (Å²) in [5.74, 6) is 0.798. The first-order valence-electron chi connectivity index (χ1n) is 8.77. The maximum Gasteiger partial charge on any atom is 0.347 e. The first-order chi connectivity index (χ1) is 13.0. The van der Waals surface area contributed by atoms with Gasteiger partial charge in [0.2, 0.25) is 0 Å². The summed E-state index contributed by atoms with van der Waals surface area (Å²) in [5.41, 5.74) is 2.75. The van der Waals surface area contributed by atoms with Crippen molar-refractivity contribution in [3.05, 3.63) is 58.0 Å². The molecule has 1 aromatic carbocycles. The number of fused-ring (bicyclic) bond motifs is 1.